The molecule has 0 saturated carbocycles. The number of hydrogen-bond acceptors (Lipinski definition) is 1. The highest BCUT2D eigenvalue weighted by Gasteiger charge is 2.11. The molecule has 0 spiro atoms. The molecule has 0 aliphatic heterocycles. The minimum atomic E-state index is 1.09. The summed E-state index contributed by atoms with van der Waals surface area (Å²) in [7, 11) is 0. The number of hydrogen-bond donors (Lipinski definition) is 0. The standard InChI is InChI=1S/C19H22N2/c1-2-3-4-8-15-19-17-13-9-10-14-18(17)20-21(19)16-11-6-5-7-12-16/h5-7,9-14H,2-4,8,15H2,1H3. The second-order valence-corrected chi connectivity index (χ2v) is 5.52. The molecule has 0 atom stereocenters. The number of rotatable bonds is 6. The van der Waals surface area contributed by atoms with E-state index in [1.54, 1.807) is 0 Å². The van der Waals surface area contributed by atoms with E-state index in [1.165, 1.54) is 36.8 Å². The third-order valence-corrected chi connectivity index (χ3v) is 3.95. The van der Waals surface area contributed by atoms with E-state index in [2.05, 4.69) is 60.1 Å². The van der Waals surface area contributed by atoms with Gasteiger partial charge in [-0.3, -0.25) is 0 Å². The third-order valence-electron chi connectivity index (χ3n) is 3.95. The molecule has 0 bridgehead atoms. The van der Waals surface area contributed by atoms with Crippen molar-refractivity contribution in [1.82, 2.24) is 9.78 Å². The highest BCUT2D eigenvalue weighted by molar-refractivity contribution is 5.82. The van der Waals surface area contributed by atoms with Gasteiger partial charge in [-0.15, -0.1) is 0 Å². The quantitative estimate of drug-likeness (QED) is 0.570. The fourth-order valence-electron chi connectivity index (χ4n) is 2.83. The van der Waals surface area contributed by atoms with Gasteiger partial charge in [-0.25, -0.2) is 4.68 Å². The van der Waals surface area contributed by atoms with E-state index in [1.807, 2.05) is 6.07 Å². The van der Waals surface area contributed by atoms with Gasteiger partial charge < -0.3 is 0 Å². The predicted octanol–water partition coefficient (Wildman–Crippen LogP) is 5.15. The second kappa shape index (κ2) is 6.57. The van der Waals surface area contributed by atoms with Gasteiger partial charge in [-0.05, 0) is 31.0 Å². The largest absolute Gasteiger partial charge is 0.237 e. The number of unbranched alkanes of at least 4 members (excludes halogenated alkanes) is 3. The summed E-state index contributed by atoms with van der Waals surface area (Å²) < 4.78 is 2.12. The van der Waals surface area contributed by atoms with E-state index in [4.69, 9.17) is 5.10 Å². The third kappa shape index (κ3) is 2.99. The average Bonchev–Trinajstić information content (AvgIpc) is 2.91. The molecule has 0 amide bonds. The molecule has 2 aromatic carbocycles. The van der Waals surface area contributed by atoms with Crippen molar-refractivity contribution in [2.24, 2.45) is 0 Å². The van der Waals surface area contributed by atoms with Gasteiger partial charge in [0.05, 0.1) is 16.9 Å². The summed E-state index contributed by atoms with van der Waals surface area (Å²) in [5, 5.41) is 6.09. The summed E-state index contributed by atoms with van der Waals surface area (Å²) in [5.41, 5.74) is 3.58. The first-order chi connectivity index (χ1) is 10.4. The van der Waals surface area contributed by atoms with Crippen molar-refractivity contribution >= 4 is 10.9 Å². The highest BCUT2D eigenvalue weighted by Crippen LogP contribution is 2.23. The molecule has 0 unspecified atom stereocenters. The first-order valence-corrected chi connectivity index (χ1v) is 7.92. The van der Waals surface area contributed by atoms with Gasteiger partial charge in [-0.2, -0.15) is 5.10 Å². The van der Waals surface area contributed by atoms with Crippen LogP contribution in [0.2, 0.25) is 0 Å². The lowest BCUT2D eigenvalue weighted by atomic mass is 10.1. The number of aromatic nitrogens is 2. The average molecular weight is 278 g/mol. The van der Waals surface area contributed by atoms with Crippen LogP contribution in [0.3, 0.4) is 0 Å². The number of para-hydroxylation sites is 1. The van der Waals surface area contributed by atoms with E-state index < -0.39 is 0 Å². The fraction of sp³-hybridized carbons (Fsp3) is 0.316. The van der Waals surface area contributed by atoms with Crippen LogP contribution in [0.15, 0.2) is 54.6 Å². The Morgan fingerprint density at radius 2 is 1.62 bits per heavy atom. The normalized spacial score (nSPS) is 11.1. The summed E-state index contributed by atoms with van der Waals surface area (Å²) in [6.07, 6.45) is 6.21. The molecule has 0 fully saturated rings. The van der Waals surface area contributed by atoms with Crippen molar-refractivity contribution in [3.63, 3.8) is 0 Å². The van der Waals surface area contributed by atoms with Crippen molar-refractivity contribution in [2.75, 3.05) is 0 Å². The summed E-state index contributed by atoms with van der Waals surface area (Å²) in [6, 6.07) is 18.9. The highest BCUT2D eigenvalue weighted by atomic mass is 15.3. The lowest BCUT2D eigenvalue weighted by Crippen LogP contribution is -2.02. The zero-order chi connectivity index (χ0) is 14.5. The van der Waals surface area contributed by atoms with Gasteiger partial charge in [0.25, 0.3) is 0 Å². The van der Waals surface area contributed by atoms with Gasteiger partial charge in [-0.1, -0.05) is 62.6 Å². The Balaban J connectivity index is 1.98. The fourth-order valence-corrected chi connectivity index (χ4v) is 2.83. The lowest BCUT2D eigenvalue weighted by molar-refractivity contribution is 0.650. The maximum Gasteiger partial charge on any atom is 0.0930 e. The van der Waals surface area contributed by atoms with Crippen molar-refractivity contribution in [2.45, 2.75) is 39.0 Å². The van der Waals surface area contributed by atoms with Crippen LogP contribution in [-0.2, 0) is 6.42 Å². The van der Waals surface area contributed by atoms with Crippen LogP contribution in [0.25, 0.3) is 16.6 Å². The van der Waals surface area contributed by atoms with Crippen LogP contribution in [-0.4, -0.2) is 9.78 Å². The smallest absolute Gasteiger partial charge is 0.0930 e. The Hall–Kier alpha value is -2.09. The SMILES string of the molecule is CCCCCCc1c2ccccc2nn1-c1ccccc1. The first-order valence-electron chi connectivity index (χ1n) is 7.92. The number of nitrogens with zero attached hydrogens (tertiary/aromatic N) is 2. The molecular formula is C19H22N2. The number of aryl methyl sites for hydroxylation is 1. The molecule has 0 aliphatic rings. The Labute approximate surface area is 126 Å². The molecule has 0 saturated heterocycles. The van der Waals surface area contributed by atoms with Gasteiger partial charge in [0.1, 0.15) is 0 Å². The Kier molecular flexibility index (Phi) is 4.34. The van der Waals surface area contributed by atoms with E-state index in [9.17, 15) is 0 Å². The zero-order valence-corrected chi connectivity index (χ0v) is 12.6. The molecule has 108 valence electrons. The summed E-state index contributed by atoms with van der Waals surface area (Å²) >= 11 is 0. The van der Waals surface area contributed by atoms with Crippen molar-refractivity contribution in [1.29, 1.82) is 0 Å². The molecule has 2 heteroatoms. The molecule has 3 rings (SSSR count). The van der Waals surface area contributed by atoms with Gasteiger partial charge in [0.15, 0.2) is 0 Å². The van der Waals surface area contributed by atoms with Crippen LogP contribution >= 0.6 is 0 Å². The first kappa shape index (κ1) is 13.9. The maximum absolute atomic E-state index is 4.80. The second-order valence-electron chi connectivity index (χ2n) is 5.52. The van der Waals surface area contributed by atoms with Crippen LogP contribution in [0.4, 0.5) is 0 Å². The van der Waals surface area contributed by atoms with Crippen LogP contribution in [0.5, 0.6) is 0 Å². The van der Waals surface area contributed by atoms with E-state index in [0.717, 1.165) is 17.6 Å². The molecule has 0 N–H and O–H groups in total. The van der Waals surface area contributed by atoms with Crippen molar-refractivity contribution in [3.8, 4) is 5.69 Å². The van der Waals surface area contributed by atoms with Gasteiger partial charge in [0.2, 0.25) is 0 Å². The minimum absolute atomic E-state index is 1.09. The van der Waals surface area contributed by atoms with E-state index in [-0.39, 0.29) is 0 Å². The summed E-state index contributed by atoms with van der Waals surface area (Å²) in [6.45, 7) is 2.25. The summed E-state index contributed by atoms with van der Waals surface area (Å²) in [4.78, 5) is 0. The van der Waals surface area contributed by atoms with E-state index >= 15 is 0 Å². The Morgan fingerprint density at radius 3 is 2.43 bits per heavy atom. The van der Waals surface area contributed by atoms with Crippen LogP contribution in [0.1, 0.15) is 38.3 Å². The zero-order valence-electron chi connectivity index (χ0n) is 12.6. The molecule has 0 aliphatic carbocycles. The lowest BCUT2D eigenvalue weighted by Gasteiger charge is -2.07. The Morgan fingerprint density at radius 1 is 0.857 bits per heavy atom. The van der Waals surface area contributed by atoms with Gasteiger partial charge >= 0.3 is 0 Å². The molecule has 0 radical (unpaired) electrons. The molecule has 21 heavy (non-hydrogen) atoms. The van der Waals surface area contributed by atoms with Crippen molar-refractivity contribution in [3.05, 3.63) is 60.3 Å². The molecule has 1 heterocycles. The van der Waals surface area contributed by atoms with E-state index in [0.29, 0.717) is 0 Å². The number of benzene rings is 2. The predicted molar refractivity (Wildman–Crippen MR) is 88.9 cm³/mol. The Bertz CT molecular complexity index is 698. The molecule has 3 aromatic rings. The van der Waals surface area contributed by atoms with Crippen LogP contribution in [0, 0.1) is 0 Å². The van der Waals surface area contributed by atoms with Gasteiger partial charge in [0, 0.05) is 5.39 Å². The summed E-state index contributed by atoms with van der Waals surface area (Å²) in [5.74, 6) is 0. The monoisotopic (exact) mass is 278 g/mol. The molecular weight excluding hydrogens is 256 g/mol. The molecule has 2 nitrogen and oxygen atoms in total. The van der Waals surface area contributed by atoms with Crippen molar-refractivity contribution < 1.29 is 0 Å². The number of fused-ring (bicyclic) bond motifs is 1. The minimum Gasteiger partial charge on any atom is -0.237 e. The topological polar surface area (TPSA) is 17.8 Å². The van der Waals surface area contributed by atoms with Crippen LogP contribution < -0.4 is 0 Å². The maximum atomic E-state index is 4.80. The molecule has 1 aromatic heterocycles.